The molecule has 1 fully saturated rings. The quantitative estimate of drug-likeness (QED) is 0.605. The van der Waals surface area contributed by atoms with Crippen molar-refractivity contribution in [1.29, 1.82) is 10.8 Å². The topological polar surface area (TPSA) is 89.1 Å². The van der Waals surface area contributed by atoms with Crippen molar-refractivity contribution >= 4 is 40.8 Å². The van der Waals surface area contributed by atoms with E-state index in [0.29, 0.717) is 42.0 Å². The number of amides is 1. The Morgan fingerprint density at radius 3 is 2.44 bits per heavy atom. The van der Waals surface area contributed by atoms with Gasteiger partial charge in [-0.15, -0.1) is 5.10 Å². The fourth-order valence-corrected chi connectivity index (χ4v) is 3.28. The van der Waals surface area contributed by atoms with E-state index in [1.807, 2.05) is 11.0 Å². The SMILES string of the molecule is CC(=N)n1nc(N2CCN(C(=O)Cc3ccc(Cl)c(Cl)c3)CC2)ccc1=N. The molecule has 0 aliphatic carbocycles. The zero-order valence-electron chi connectivity index (χ0n) is 14.9. The standard InChI is InChI=1S/C18H20Cl2N6O/c1-12(21)26-16(22)4-5-17(23-26)24-6-8-25(9-7-24)18(27)11-13-2-3-14(19)15(20)10-13/h2-5,10,21-22H,6-9,11H2,1H3. The third kappa shape index (κ3) is 4.48. The highest BCUT2D eigenvalue weighted by molar-refractivity contribution is 6.42. The lowest BCUT2D eigenvalue weighted by Gasteiger charge is -2.35. The Labute approximate surface area is 167 Å². The van der Waals surface area contributed by atoms with Gasteiger partial charge in [-0.1, -0.05) is 29.3 Å². The molecule has 3 rings (SSSR count). The monoisotopic (exact) mass is 406 g/mol. The van der Waals surface area contributed by atoms with Crippen LogP contribution in [-0.4, -0.2) is 52.6 Å². The van der Waals surface area contributed by atoms with Gasteiger partial charge >= 0.3 is 0 Å². The van der Waals surface area contributed by atoms with Crippen molar-refractivity contribution in [1.82, 2.24) is 14.7 Å². The molecule has 1 aromatic heterocycles. The largest absolute Gasteiger partial charge is 0.352 e. The summed E-state index contributed by atoms with van der Waals surface area (Å²) in [4.78, 5) is 16.4. The molecule has 2 N–H and O–H groups in total. The summed E-state index contributed by atoms with van der Waals surface area (Å²) >= 11 is 11.9. The molecule has 0 atom stereocenters. The molecule has 0 bridgehead atoms. The summed E-state index contributed by atoms with van der Waals surface area (Å²) in [5, 5.41) is 20.8. The fraction of sp³-hybridized carbons (Fsp3) is 0.333. The van der Waals surface area contributed by atoms with Crippen molar-refractivity contribution in [2.75, 3.05) is 31.1 Å². The molecular weight excluding hydrogens is 387 g/mol. The average molecular weight is 407 g/mol. The minimum absolute atomic E-state index is 0.0490. The minimum atomic E-state index is 0.0490. The summed E-state index contributed by atoms with van der Waals surface area (Å²) in [7, 11) is 0. The molecule has 9 heteroatoms. The molecule has 142 valence electrons. The molecule has 1 aliphatic heterocycles. The van der Waals surface area contributed by atoms with E-state index < -0.39 is 0 Å². The van der Waals surface area contributed by atoms with Crippen molar-refractivity contribution in [3.8, 4) is 0 Å². The van der Waals surface area contributed by atoms with Crippen LogP contribution in [0.1, 0.15) is 12.5 Å². The van der Waals surface area contributed by atoms with Crippen LogP contribution in [0.15, 0.2) is 30.3 Å². The third-order valence-corrected chi connectivity index (χ3v) is 5.17. The lowest BCUT2D eigenvalue weighted by molar-refractivity contribution is -0.130. The van der Waals surface area contributed by atoms with Gasteiger partial charge in [-0.3, -0.25) is 15.6 Å². The summed E-state index contributed by atoms with van der Waals surface area (Å²) < 4.78 is 1.29. The highest BCUT2D eigenvalue weighted by Crippen LogP contribution is 2.23. The first-order chi connectivity index (χ1) is 12.8. The van der Waals surface area contributed by atoms with E-state index in [1.165, 1.54) is 4.68 Å². The van der Waals surface area contributed by atoms with Gasteiger partial charge in [-0.2, -0.15) is 0 Å². The maximum Gasteiger partial charge on any atom is 0.227 e. The van der Waals surface area contributed by atoms with Crippen LogP contribution in [0.3, 0.4) is 0 Å². The number of anilines is 1. The number of hydrogen-bond acceptors (Lipinski definition) is 5. The van der Waals surface area contributed by atoms with Gasteiger partial charge < -0.3 is 9.80 Å². The second kappa shape index (κ2) is 8.10. The molecule has 1 aliphatic rings. The molecule has 27 heavy (non-hydrogen) atoms. The maximum atomic E-state index is 12.6. The zero-order valence-corrected chi connectivity index (χ0v) is 16.4. The molecule has 1 amide bonds. The van der Waals surface area contributed by atoms with E-state index in [9.17, 15) is 4.79 Å². The van der Waals surface area contributed by atoms with Gasteiger partial charge in [0.1, 0.15) is 17.1 Å². The molecule has 1 aromatic carbocycles. The number of benzene rings is 1. The van der Waals surface area contributed by atoms with Crippen LogP contribution in [0.4, 0.5) is 5.82 Å². The Bertz CT molecular complexity index is 934. The maximum absolute atomic E-state index is 12.6. The highest BCUT2D eigenvalue weighted by atomic mass is 35.5. The Balaban J connectivity index is 1.62. The predicted molar refractivity (Wildman–Crippen MR) is 106 cm³/mol. The molecule has 2 aromatic rings. The highest BCUT2D eigenvalue weighted by Gasteiger charge is 2.22. The van der Waals surface area contributed by atoms with Gasteiger partial charge in [0, 0.05) is 26.2 Å². The average Bonchev–Trinajstić information content (AvgIpc) is 2.65. The van der Waals surface area contributed by atoms with Crippen molar-refractivity contribution in [2.24, 2.45) is 0 Å². The fourth-order valence-electron chi connectivity index (χ4n) is 2.96. The molecule has 0 radical (unpaired) electrons. The van der Waals surface area contributed by atoms with Crippen LogP contribution < -0.4 is 10.4 Å². The van der Waals surface area contributed by atoms with Crippen molar-refractivity contribution in [3.63, 3.8) is 0 Å². The number of halogens is 2. The summed E-state index contributed by atoms with van der Waals surface area (Å²) in [6.07, 6.45) is 0.287. The second-order valence-corrected chi connectivity index (χ2v) is 7.18. The third-order valence-electron chi connectivity index (χ3n) is 4.43. The van der Waals surface area contributed by atoms with Crippen LogP contribution >= 0.6 is 23.2 Å². The summed E-state index contributed by atoms with van der Waals surface area (Å²) in [5.74, 6) is 0.944. The Hall–Kier alpha value is -2.38. The number of nitrogens with one attached hydrogen (secondary N) is 2. The lowest BCUT2D eigenvalue weighted by Crippen LogP contribution is -2.49. The number of carbonyl (C=O) groups excluding carboxylic acids is 1. The smallest absolute Gasteiger partial charge is 0.227 e. The molecule has 0 spiro atoms. The molecular formula is C18H20Cl2N6O. The van der Waals surface area contributed by atoms with Crippen molar-refractivity contribution < 1.29 is 4.79 Å². The van der Waals surface area contributed by atoms with Crippen LogP contribution in [-0.2, 0) is 11.2 Å². The van der Waals surface area contributed by atoms with Gasteiger partial charge in [0.2, 0.25) is 5.91 Å². The van der Waals surface area contributed by atoms with E-state index in [2.05, 4.69) is 10.00 Å². The van der Waals surface area contributed by atoms with Gasteiger partial charge in [-0.05, 0) is 36.8 Å². The van der Waals surface area contributed by atoms with E-state index in [-0.39, 0.29) is 23.7 Å². The summed E-state index contributed by atoms with van der Waals surface area (Å²) in [5.41, 5.74) is 1.01. The molecule has 1 saturated heterocycles. The number of nitrogens with zero attached hydrogens (tertiary/aromatic N) is 4. The number of hydrogen-bond donors (Lipinski definition) is 2. The molecule has 0 unspecified atom stereocenters. The van der Waals surface area contributed by atoms with Crippen molar-refractivity contribution in [2.45, 2.75) is 13.3 Å². The van der Waals surface area contributed by atoms with Crippen LogP contribution in [0.25, 0.3) is 0 Å². The number of piperazine rings is 1. The van der Waals surface area contributed by atoms with E-state index in [1.54, 1.807) is 31.2 Å². The minimum Gasteiger partial charge on any atom is -0.352 e. The number of aromatic nitrogens is 2. The van der Waals surface area contributed by atoms with E-state index in [0.717, 1.165) is 5.56 Å². The summed E-state index contributed by atoms with van der Waals surface area (Å²) in [6, 6.07) is 8.64. The second-order valence-electron chi connectivity index (χ2n) is 6.37. The van der Waals surface area contributed by atoms with Crippen LogP contribution in [0.5, 0.6) is 0 Å². The predicted octanol–water partition coefficient (Wildman–Crippen LogP) is 2.41. The molecule has 2 heterocycles. The van der Waals surface area contributed by atoms with E-state index in [4.69, 9.17) is 34.0 Å². The van der Waals surface area contributed by atoms with Gasteiger partial charge in [-0.25, -0.2) is 4.68 Å². The first-order valence-corrected chi connectivity index (χ1v) is 9.28. The first-order valence-electron chi connectivity index (χ1n) is 8.52. The van der Waals surface area contributed by atoms with E-state index >= 15 is 0 Å². The summed E-state index contributed by atoms with van der Waals surface area (Å²) in [6.45, 7) is 4.07. The normalized spacial score (nSPS) is 14.3. The first kappa shape index (κ1) is 19.4. The lowest BCUT2D eigenvalue weighted by atomic mass is 10.1. The zero-order chi connectivity index (χ0) is 19.6. The molecule has 7 nitrogen and oxygen atoms in total. The Morgan fingerprint density at radius 1 is 1.11 bits per heavy atom. The van der Waals surface area contributed by atoms with Gasteiger partial charge in [0.15, 0.2) is 0 Å². The Kier molecular flexibility index (Phi) is 5.82. The number of carbonyl (C=O) groups is 1. The van der Waals surface area contributed by atoms with Gasteiger partial charge in [0.25, 0.3) is 0 Å². The Morgan fingerprint density at radius 2 is 1.81 bits per heavy atom. The molecule has 0 saturated carbocycles. The number of rotatable bonds is 3. The van der Waals surface area contributed by atoms with Gasteiger partial charge in [0.05, 0.1) is 16.5 Å². The van der Waals surface area contributed by atoms with Crippen LogP contribution in [0.2, 0.25) is 10.0 Å². The van der Waals surface area contributed by atoms with Crippen molar-refractivity contribution in [3.05, 3.63) is 51.4 Å². The van der Waals surface area contributed by atoms with Crippen LogP contribution in [0, 0.1) is 10.8 Å².